The fourth-order valence-corrected chi connectivity index (χ4v) is 4.40. The number of likely N-dealkylation sites (tertiary alicyclic amines) is 1. The number of piperidine rings is 1. The van der Waals surface area contributed by atoms with Crippen LogP contribution in [0.15, 0.2) is 54.6 Å². The van der Waals surface area contributed by atoms with Crippen molar-refractivity contribution >= 4 is 11.6 Å². The van der Waals surface area contributed by atoms with Crippen molar-refractivity contribution in [1.82, 2.24) is 14.7 Å². The second-order valence-electron chi connectivity index (χ2n) is 8.36. The number of benzene rings is 2. The Bertz CT molecular complexity index is 1040. The lowest BCUT2D eigenvalue weighted by molar-refractivity contribution is -0.121. The molecule has 1 fully saturated rings. The second kappa shape index (κ2) is 8.94. The molecule has 1 atom stereocenters. The van der Waals surface area contributed by atoms with Gasteiger partial charge in [-0.3, -0.25) is 9.69 Å². The Hall–Kier alpha value is -3.12. The van der Waals surface area contributed by atoms with Crippen LogP contribution in [0, 0.1) is 13.8 Å². The first-order valence-corrected chi connectivity index (χ1v) is 10.9. The number of aromatic nitrogens is 2. The number of phenolic OH excluding ortho intramolecular Hbond substituents is 1. The third-order valence-corrected chi connectivity index (χ3v) is 6.36. The van der Waals surface area contributed by atoms with Crippen LogP contribution in [0.1, 0.15) is 42.6 Å². The number of aromatic hydroxyl groups is 1. The van der Waals surface area contributed by atoms with E-state index < -0.39 is 0 Å². The largest absolute Gasteiger partial charge is 0.508 e. The van der Waals surface area contributed by atoms with Crippen LogP contribution in [0.2, 0.25) is 0 Å². The molecule has 1 unspecified atom stereocenters. The predicted octanol–water partition coefficient (Wildman–Crippen LogP) is 4.40. The number of para-hydroxylation sites is 1. The van der Waals surface area contributed by atoms with Crippen LogP contribution in [0.5, 0.6) is 5.75 Å². The molecule has 4 rings (SSSR count). The van der Waals surface area contributed by atoms with Gasteiger partial charge in [0, 0.05) is 0 Å². The minimum atomic E-state index is -0.209. The Morgan fingerprint density at radius 1 is 1.06 bits per heavy atom. The van der Waals surface area contributed by atoms with Crippen LogP contribution >= 0.6 is 0 Å². The topological polar surface area (TPSA) is 70.4 Å². The molecule has 6 nitrogen and oxygen atoms in total. The van der Waals surface area contributed by atoms with E-state index in [2.05, 4.69) is 15.3 Å². The Morgan fingerprint density at radius 2 is 1.71 bits per heavy atom. The minimum absolute atomic E-state index is 0.00175. The molecule has 0 radical (unpaired) electrons. The lowest BCUT2D eigenvalue weighted by Crippen LogP contribution is -2.45. The summed E-state index contributed by atoms with van der Waals surface area (Å²) in [5.74, 6) is 0.773. The molecule has 2 N–H and O–H groups in total. The van der Waals surface area contributed by atoms with Gasteiger partial charge in [-0.2, -0.15) is 5.10 Å². The number of aryl methyl sites for hydroxylation is 1. The van der Waals surface area contributed by atoms with Crippen molar-refractivity contribution in [3.63, 3.8) is 0 Å². The molecule has 6 heteroatoms. The highest BCUT2D eigenvalue weighted by Gasteiger charge is 2.28. The van der Waals surface area contributed by atoms with Crippen LogP contribution in [-0.4, -0.2) is 44.8 Å². The first-order chi connectivity index (χ1) is 14.9. The Labute approximate surface area is 183 Å². The van der Waals surface area contributed by atoms with Gasteiger partial charge in [-0.15, -0.1) is 0 Å². The fraction of sp³-hybridized carbons (Fsp3) is 0.360. The number of carbonyl (C=O) groups is 1. The SMILES string of the molecule is Cc1nn(-c2ccccc2)c(C)c1NC(=O)C(C)N1CCC(c2ccc(O)cc2)CC1. The molecule has 1 aliphatic rings. The third kappa shape index (κ3) is 4.49. The van der Waals surface area contributed by atoms with Crippen molar-refractivity contribution in [3.8, 4) is 11.4 Å². The van der Waals surface area contributed by atoms with Crippen molar-refractivity contribution in [2.75, 3.05) is 18.4 Å². The molecule has 31 heavy (non-hydrogen) atoms. The van der Waals surface area contributed by atoms with Gasteiger partial charge in [-0.05, 0) is 82.4 Å². The predicted molar refractivity (Wildman–Crippen MR) is 123 cm³/mol. The number of carbonyl (C=O) groups excluding carboxylic acids is 1. The van der Waals surface area contributed by atoms with Crippen LogP contribution in [0.4, 0.5) is 5.69 Å². The molecule has 3 aromatic rings. The summed E-state index contributed by atoms with van der Waals surface area (Å²) in [6, 6.07) is 17.2. The number of anilines is 1. The molecule has 2 aromatic carbocycles. The monoisotopic (exact) mass is 418 g/mol. The Balaban J connectivity index is 1.39. The first-order valence-electron chi connectivity index (χ1n) is 10.9. The third-order valence-electron chi connectivity index (χ3n) is 6.36. The maximum atomic E-state index is 13.0. The summed E-state index contributed by atoms with van der Waals surface area (Å²) in [5, 5.41) is 17.2. The molecule has 1 saturated heterocycles. The number of hydrogen-bond acceptors (Lipinski definition) is 4. The number of phenols is 1. The van der Waals surface area contributed by atoms with Crippen molar-refractivity contribution < 1.29 is 9.90 Å². The lowest BCUT2D eigenvalue weighted by atomic mass is 9.89. The molecule has 1 aromatic heterocycles. The van der Waals surface area contributed by atoms with E-state index in [1.807, 2.05) is 67.9 Å². The zero-order chi connectivity index (χ0) is 22.0. The quantitative estimate of drug-likeness (QED) is 0.644. The van der Waals surface area contributed by atoms with Gasteiger partial charge in [0.05, 0.1) is 28.8 Å². The number of nitrogens with one attached hydrogen (secondary N) is 1. The van der Waals surface area contributed by atoms with Crippen molar-refractivity contribution in [2.45, 2.75) is 45.6 Å². The van der Waals surface area contributed by atoms with E-state index in [0.717, 1.165) is 48.7 Å². The summed E-state index contributed by atoms with van der Waals surface area (Å²) < 4.78 is 1.87. The van der Waals surface area contributed by atoms with E-state index in [9.17, 15) is 9.90 Å². The van der Waals surface area contributed by atoms with Gasteiger partial charge in [0.15, 0.2) is 0 Å². The maximum Gasteiger partial charge on any atom is 0.241 e. The van der Waals surface area contributed by atoms with E-state index in [-0.39, 0.29) is 11.9 Å². The van der Waals surface area contributed by atoms with Gasteiger partial charge in [-0.1, -0.05) is 30.3 Å². The molecular formula is C25H30N4O2. The smallest absolute Gasteiger partial charge is 0.241 e. The summed E-state index contributed by atoms with van der Waals surface area (Å²) in [5.41, 5.74) is 4.77. The van der Waals surface area contributed by atoms with Crippen molar-refractivity contribution in [2.24, 2.45) is 0 Å². The van der Waals surface area contributed by atoms with Crippen LogP contribution in [-0.2, 0) is 4.79 Å². The van der Waals surface area contributed by atoms with Gasteiger partial charge in [-0.25, -0.2) is 4.68 Å². The van der Waals surface area contributed by atoms with Gasteiger partial charge < -0.3 is 10.4 Å². The van der Waals surface area contributed by atoms with E-state index in [1.165, 1.54) is 5.56 Å². The summed E-state index contributed by atoms with van der Waals surface area (Å²) in [6.07, 6.45) is 2.01. The van der Waals surface area contributed by atoms with Gasteiger partial charge in [0.1, 0.15) is 5.75 Å². The first kappa shape index (κ1) is 21.1. The summed E-state index contributed by atoms with van der Waals surface area (Å²) in [7, 11) is 0. The van der Waals surface area contributed by atoms with Crippen LogP contribution in [0.3, 0.4) is 0 Å². The van der Waals surface area contributed by atoms with Crippen molar-refractivity contribution in [3.05, 3.63) is 71.5 Å². The average Bonchev–Trinajstić information content (AvgIpc) is 3.08. The summed E-state index contributed by atoms with van der Waals surface area (Å²) >= 11 is 0. The lowest BCUT2D eigenvalue weighted by Gasteiger charge is -2.35. The summed E-state index contributed by atoms with van der Waals surface area (Å²) in [4.78, 5) is 15.3. The average molecular weight is 419 g/mol. The highest BCUT2D eigenvalue weighted by atomic mass is 16.3. The molecule has 162 valence electrons. The number of nitrogens with zero attached hydrogens (tertiary/aromatic N) is 3. The van der Waals surface area contributed by atoms with Crippen LogP contribution in [0.25, 0.3) is 5.69 Å². The van der Waals surface area contributed by atoms with E-state index in [0.29, 0.717) is 11.7 Å². The molecule has 2 heterocycles. The van der Waals surface area contributed by atoms with E-state index in [4.69, 9.17) is 0 Å². The maximum absolute atomic E-state index is 13.0. The zero-order valence-corrected chi connectivity index (χ0v) is 18.4. The molecule has 1 amide bonds. The standard InChI is InChI=1S/C25H30N4O2/c1-17-24(18(2)29(27-17)22-7-5-4-6-8-22)26-25(31)19(3)28-15-13-21(14-16-28)20-9-11-23(30)12-10-20/h4-12,19,21,30H,13-16H2,1-3H3,(H,26,31). The summed E-state index contributed by atoms with van der Waals surface area (Å²) in [6.45, 7) is 7.64. The van der Waals surface area contributed by atoms with E-state index >= 15 is 0 Å². The molecule has 1 aliphatic heterocycles. The number of hydrogen-bond donors (Lipinski definition) is 2. The molecule has 0 bridgehead atoms. The minimum Gasteiger partial charge on any atom is -0.508 e. The van der Waals surface area contributed by atoms with Gasteiger partial charge in [0.2, 0.25) is 5.91 Å². The molecule has 0 saturated carbocycles. The van der Waals surface area contributed by atoms with Gasteiger partial charge >= 0.3 is 0 Å². The number of amides is 1. The van der Waals surface area contributed by atoms with Gasteiger partial charge in [0.25, 0.3) is 0 Å². The Morgan fingerprint density at radius 3 is 2.35 bits per heavy atom. The molecular weight excluding hydrogens is 388 g/mol. The normalized spacial score (nSPS) is 16.2. The number of rotatable bonds is 5. The van der Waals surface area contributed by atoms with E-state index in [1.54, 1.807) is 12.1 Å². The highest BCUT2D eigenvalue weighted by Crippen LogP contribution is 2.30. The van der Waals surface area contributed by atoms with Crippen molar-refractivity contribution in [1.29, 1.82) is 0 Å². The van der Waals surface area contributed by atoms with Crippen LogP contribution < -0.4 is 5.32 Å². The second-order valence-corrected chi connectivity index (χ2v) is 8.36. The Kier molecular flexibility index (Phi) is 6.09. The fourth-order valence-electron chi connectivity index (χ4n) is 4.40. The molecule has 0 aliphatic carbocycles. The molecule has 0 spiro atoms. The zero-order valence-electron chi connectivity index (χ0n) is 18.4. The highest BCUT2D eigenvalue weighted by molar-refractivity contribution is 5.95.